The van der Waals surface area contributed by atoms with Gasteiger partial charge >= 0.3 is 0 Å². The van der Waals surface area contributed by atoms with Crippen molar-refractivity contribution in [1.82, 2.24) is 15.5 Å². The van der Waals surface area contributed by atoms with Gasteiger partial charge in [0.25, 0.3) is 0 Å². The van der Waals surface area contributed by atoms with Crippen molar-refractivity contribution in [3.8, 4) is 0 Å². The third-order valence-electron chi connectivity index (χ3n) is 5.65. The normalized spacial score (nSPS) is 27.8. The number of nitrogens with one attached hydrogen (secondary N) is 2. The van der Waals surface area contributed by atoms with E-state index in [1.54, 1.807) is 0 Å². The Labute approximate surface area is 129 Å². The van der Waals surface area contributed by atoms with Crippen LogP contribution in [0, 0.1) is 5.41 Å². The highest BCUT2D eigenvalue weighted by molar-refractivity contribution is 5.80. The van der Waals surface area contributed by atoms with Crippen molar-refractivity contribution < 1.29 is 0 Å². The Bertz CT molecular complexity index is 361. The van der Waals surface area contributed by atoms with Gasteiger partial charge in [-0.25, -0.2) is 0 Å². The zero-order valence-electron chi connectivity index (χ0n) is 13.8. The molecule has 4 nitrogen and oxygen atoms in total. The number of nitrogens with zero attached hydrogens (tertiary/aromatic N) is 2. The van der Waals surface area contributed by atoms with Gasteiger partial charge < -0.3 is 15.5 Å². The Balaban J connectivity index is 1.40. The van der Waals surface area contributed by atoms with E-state index >= 15 is 0 Å². The summed E-state index contributed by atoms with van der Waals surface area (Å²) in [5.41, 5.74) is 0.479. The topological polar surface area (TPSA) is 39.7 Å². The van der Waals surface area contributed by atoms with E-state index < -0.39 is 0 Å². The van der Waals surface area contributed by atoms with E-state index in [0.29, 0.717) is 11.5 Å². The summed E-state index contributed by atoms with van der Waals surface area (Å²) in [6.45, 7) is 6.00. The van der Waals surface area contributed by atoms with E-state index in [2.05, 4.69) is 27.4 Å². The van der Waals surface area contributed by atoms with Gasteiger partial charge in [0.1, 0.15) is 0 Å². The minimum atomic E-state index is 0.479. The van der Waals surface area contributed by atoms with Crippen LogP contribution >= 0.6 is 0 Å². The smallest absolute Gasteiger partial charge is 0.191 e. The van der Waals surface area contributed by atoms with Crippen LogP contribution in [0.4, 0.5) is 0 Å². The van der Waals surface area contributed by atoms with Crippen molar-refractivity contribution in [3.05, 3.63) is 0 Å². The second-order valence-corrected chi connectivity index (χ2v) is 7.63. The molecule has 0 aromatic rings. The first kappa shape index (κ1) is 15.1. The third kappa shape index (κ3) is 4.12. The fourth-order valence-electron chi connectivity index (χ4n) is 3.94. The van der Waals surface area contributed by atoms with E-state index in [4.69, 9.17) is 0 Å². The predicted molar refractivity (Wildman–Crippen MR) is 88.7 cm³/mol. The van der Waals surface area contributed by atoms with E-state index in [1.165, 1.54) is 64.5 Å². The maximum Gasteiger partial charge on any atom is 0.191 e. The molecule has 0 amide bonds. The summed E-state index contributed by atoms with van der Waals surface area (Å²) in [6, 6.07) is 1.52. The minimum absolute atomic E-state index is 0.479. The number of piperidine rings is 1. The molecule has 0 aromatic heterocycles. The van der Waals surface area contributed by atoms with E-state index in [0.717, 1.165) is 18.5 Å². The molecule has 120 valence electrons. The van der Waals surface area contributed by atoms with Crippen LogP contribution in [-0.4, -0.2) is 49.6 Å². The molecule has 2 saturated carbocycles. The zero-order chi connectivity index (χ0) is 14.7. The number of aliphatic imine (C=N–C) groups is 1. The number of likely N-dealkylation sites (tertiary alicyclic amines) is 1. The van der Waals surface area contributed by atoms with Gasteiger partial charge in [-0.3, -0.25) is 4.99 Å². The lowest BCUT2D eigenvalue weighted by Gasteiger charge is -2.33. The van der Waals surface area contributed by atoms with E-state index in [9.17, 15) is 0 Å². The van der Waals surface area contributed by atoms with Gasteiger partial charge in [-0.1, -0.05) is 19.8 Å². The van der Waals surface area contributed by atoms with Crippen LogP contribution in [0.3, 0.4) is 0 Å². The van der Waals surface area contributed by atoms with Crippen LogP contribution in [0.15, 0.2) is 4.99 Å². The fraction of sp³-hybridized carbons (Fsp3) is 0.941. The molecule has 0 atom stereocenters. The highest BCUT2D eigenvalue weighted by Crippen LogP contribution is 2.36. The van der Waals surface area contributed by atoms with Crippen molar-refractivity contribution in [2.45, 2.75) is 70.4 Å². The Kier molecular flexibility index (Phi) is 4.72. The third-order valence-corrected chi connectivity index (χ3v) is 5.65. The van der Waals surface area contributed by atoms with E-state index in [-0.39, 0.29) is 0 Å². The molecule has 1 heterocycles. The number of hydrogen-bond donors (Lipinski definition) is 2. The highest BCUT2D eigenvalue weighted by Gasteiger charge is 2.32. The molecule has 0 spiro atoms. The summed E-state index contributed by atoms with van der Waals surface area (Å²) in [4.78, 5) is 7.10. The summed E-state index contributed by atoms with van der Waals surface area (Å²) < 4.78 is 0. The molecule has 21 heavy (non-hydrogen) atoms. The first-order valence-corrected chi connectivity index (χ1v) is 8.90. The molecule has 0 unspecified atom stereocenters. The van der Waals surface area contributed by atoms with Crippen LogP contribution < -0.4 is 10.6 Å². The lowest BCUT2D eigenvalue weighted by atomic mass is 9.89. The van der Waals surface area contributed by atoms with Gasteiger partial charge in [0.05, 0.1) is 0 Å². The molecular formula is C17H32N4. The molecule has 4 heteroatoms. The predicted octanol–water partition coefficient (Wildman–Crippen LogP) is 2.36. The van der Waals surface area contributed by atoms with Gasteiger partial charge in [0.15, 0.2) is 5.96 Å². The molecule has 1 aliphatic heterocycles. The molecule has 1 saturated heterocycles. The van der Waals surface area contributed by atoms with Crippen LogP contribution in [-0.2, 0) is 0 Å². The number of hydrogen-bond acceptors (Lipinski definition) is 2. The average Bonchev–Trinajstić information content (AvgIpc) is 3.26. The Hall–Kier alpha value is -0.770. The van der Waals surface area contributed by atoms with Gasteiger partial charge in [-0.2, -0.15) is 0 Å². The molecule has 0 aromatic carbocycles. The second kappa shape index (κ2) is 6.55. The molecule has 3 fully saturated rings. The standard InChI is InChI=1S/C17H32N4/c1-17(9-3-4-10-17)13-19-16(18-2)20-14-7-11-21(12-8-14)15-5-6-15/h14-15H,3-13H2,1-2H3,(H2,18,19,20). The van der Waals surface area contributed by atoms with Crippen LogP contribution in [0.5, 0.6) is 0 Å². The quantitative estimate of drug-likeness (QED) is 0.617. The number of guanidine groups is 1. The molecule has 0 radical (unpaired) electrons. The molecular weight excluding hydrogens is 260 g/mol. The van der Waals surface area contributed by atoms with Crippen molar-refractivity contribution >= 4 is 5.96 Å². The average molecular weight is 292 g/mol. The van der Waals surface area contributed by atoms with Gasteiger partial charge in [0, 0.05) is 38.8 Å². The molecule has 3 aliphatic rings. The van der Waals surface area contributed by atoms with Crippen molar-refractivity contribution in [3.63, 3.8) is 0 Å². The van der Waals surface area contributed by atoms with Gasteiger partial charge in [-0.05, 0) is 43.9 Å². The second-order valence-electron chi connectivity index (χ2n) is 7.63. The molecule has 2 aliphatic carbocycles. The summed E-state index contributed by atoms with van der Waals surface area (Å²) in [5, 5.41) is 7.21. The Morgan fingerprint density at radius 1 is 1.14 bits per heavy atom. The SMILES string of the molecule is CN=C(NCC1(C)CCCC1)NC1CCN(C2CC2)CC1. The molecule has 2 N–H and O–H groups in total. The Morgan fingerprint density at radius 3 is 2.38 bits per heavy atom. The molecule has 0 bridgehead atoms. The van der Waals surface area contributed by atoms with Crippen molar-refractivity contribution in [2.75, 3.05) is 26.7 Å². The minimum Gasteiger partial charge on any atom is -0.356 e. The van der Waals surface area contributed by atoms with Crippen molar-refractivity contribution in [2.24, 2.45) is 10.4 Å². The van der Waals surface area contributed by atoms with Crippen LogP contribution in [0.2, 0.25) is 0 Å². The van der Waals surface area contributed by atoms with Crippen LogP contribution in [0.25, 0.3) is 0 Å². The molecule has 3 rings (SSSR count). The maximum absolute atomic E-state index is 4.42. The summed E-state index contributed by atoms with van der Waals surface area (Å²) in [5.74, 6) is 1.01. The fourth-order valence-corrected chi connectivity index (χ4v) is 3.94. The monoisotopic (exact) mass is 292 g/mol. The first-order chi connectivity index (χ1) is 10.2. The largest absolute Gasteiger partial charge is 0.356 e. The van der Waals surface area contributed by atoms with Gasteiger partial charge in [-0.15, -0.1) is 0 Å². The lowest BCUT2D eigenvalue weighted by molar-refractivity contribution is 0.197. The summed E-state index contributed by atoms with van der Waals surface area (Å²) >= 11 is 0. The summed E-state index contributed by atoms with van der Waals surface area (Å²) in [6.07, 6.45) is 10.9. The first-order valence-electron chi connectivity index (χ1n) is 8.90. The highest BCUT2D eigenvalue weighted by atomic mass is 15.2. The van der Waals surface area contributed by atoms with Crippen LogP contribution in [0.1, 0.15) is 58.3 Å². The summed E-state index contributed by atoms with van der Waals surface area (Å²) in [7, 11) is 1.89. The van der Waals surface area contributed by atoms with Crippen molar-refractivity contribution in [1.29, 1.82) is 0 Å². The maximum atomic E-state index is 4.42. The Morgan fingerprint density at radius 2 is 1.81 bits per heavy atom. The van der Waals surface area contributed by atoms with Gasteiger partial charge in [0.2, 0.25) is 0 Å². The zero-order valence-corrected chi connectivity index (χ0v) is 13.8. The van der Waals surface area contributed by atoms with E-state index in [1.807, 2.05) is 7.05 Å². The lowest BCUT2D eigenvalue weighted by Crippen LogP contribution is -2.50. The number of rotatable bonds is 4.